The molecule has 25 bridgehead atoms. The molecule has 0 heteroatoms. The number of rotatable bonds is 0. The normalized spacial score (nSPS) is 63.8. The van der Waals surface area contributed by atoms with Gasteiger partial charge in [-0.05, 0) is 571 Å². The van der Waals surface area contributed by atoms with Gasteiger partial charge in [-0.1, -0.05) is 247 Å². The lowest BCUT2D eigenvalue weighted by Crippen LogP contribution is -3.05. The molecule has 734 valence electrons. The van der Waals surface area contributed by atoms with Crippen molar-refractivity contribution < 1.29 is 0 Å². The van der Waals surface area contributed by atoms with Gasteiger partial charge in [-0.15, -0.1) is 0 Å². The predicted octanol–water partition coefficient (Wildman–Crippen LogP) is 38.6. The molecule has 30 saturated carbocycles. The molecule has 0 aliphatic heterocycles. The van der Waals surface area contributed by atoms with Gasteiger partial charge in [0.1, 0.15) is 0 Å². The van der Waals surface area contributed by atoms with Gasteiger partial charge >= 0.3 is 0 Å². The van der Waals surface area contributed by atoms with Gasteiger partial charge < -0.3 is 0 Å². The third-order valence-corrected chi connectivity index (χ3v) is 65.7. The molecule has 30 fully saturated rings. The molecule has 20 spiro atoms. The minimum absolute atomic E-state index is 0.361. The van der Waals surface area contributed by atoms with Crippen LogP contribution in [-0.2, 0) is 0 Å². The first-order valence-electron chi connectivity index (χ1n) is 64.3. The lowest BCUT2D eigenvalue weighted by molar-refractivity contribution is -0.625. The monoisotopic (exact) mass is 1790 g/mol. The van der Waals surface area contributed by atoms with Gasteiger partial charge in [0.25, 0.3) is 0 Å². The van der Waals surface area contributed by atoms with Crippen molar-refractivity contribution in [1.29, 1.82) is 0 Å². The maximum Gasteiger partial charge on any atom is -0.0133 e. The summed E-state index contributed by atoms with van der Waals surface area (Å²) in [4.78, 5) is 0. The van der Waals surface area contributed by atoms with E-state index >= 15 is 0 Å². The van der Waals surface area contributed by atoms with Crippen LogP contribution < -0.4 is 0 Å². The third kappa shape index (κ3) is 8.83. The highest BCUT2D eigenvalue weighted by Gasteiger charge is 3.07. The Labute approximate surface area is 812 Å². The minimum atomic E-state index is 0.361. The van der Waals surface area contributed by atoms with Gasteiger partial charge in [-0.3, -0.25) is 0 Å². The molecule has 132 heavy (non-hydrogen) atoms. The van der Waals surface area contributed by atoms with Crippen LogP contribution in [0.4, 0.5) is 0 Å². The summed E-state index contributed by atoms with van der Waals surface area (Å²) in [5.41, 5.74) is 11.2. The van der Waals surface area contributed by atoms with Crippen molar-refractivity contribution in [2.45, 2.75) is 594 Å². The fourth-order valence-corrected chi connectivity index (χ4v) is 65.2. The molecule has 0 amide bonds. The van der Waals surface area contributed by atoms with Crippen molar-refractivity contribution in [2.75, 3.05) is 0 Å². The van der Waals surface area contributed by atoms with Crippen molar-refractivity contribution in [3.8, 4) is 0 Å². The van der Waals surface area contributed by atoms with Gasteiger partial charge in [0.05, 0.1) is 0 Å². The van der Waals surface area contributed by atoms with Crippen molar-refractivity contribution >= 4 is 0 Å². The summed E-state index contributed by atoms with van der Waals surface area (Å²) in [6.45, 7) is 19.4. The molecule has 40 atom stereocenters. The summed E-state index contributed by atoms with van der Waals surface area (Å²) >= 11 is 0. The highest BCUT2D eigenvalue weighted by Crippen LogP contribution is 3.12. The Hall–Kier alpha value is 0. The summed E-state index contributed by atoms with van der Waals surface area (Å²) in [7, 11) is 0. The summed E-state index contributed by atoms with van der Waals surface area (Å²) in [6.07, 6.45) is 145. The molecule has 0 aromatic heterocycles. The van der Waals surface area contributed by atoms with Crippen molar-refractivity contribution in [1.82, 2.24) is 0 Å². The van der Waals surface area contributed by atoms with Crippen LogP contribution in [0.3, 0.4) is 0 Å². The Morgan fingerprint density at radius 3 is 0.932 bits per heavy atom. The summed E-state index contributed by atoms with van der Waals surface area (Å²) in [5, 5.41) is 0. The quantitative estimate of drug-likeness (QED) is 0.227. The summed E-state index contributed by atoms with van der Waals surface area (Å²) in [5.74, 6) is 16.4. The zero-order valence-electron chi connectivity index (χ0n) is 88.0. The topological polar surface area (TPSA) is 0 Å². The highest BCUT2D eigenvalue weighted by molar-refractivity contribution is 5.54. The molecular weight excluding hydrogens is 1590 g/mol. The van der Waals surface area contributed by atoms with E-state index in [1.165, 1.54) is 0 Å². The molecule has 40 unspecified atom stereocenters. The smallest absolute Gasteiger partial charge is 0.0133 e. The lowest BCUT2D eigenvalue weighted by Gasteiger charge is -3.09. The van der Waals surface area contributed by atoms with Crippen LogP contribution in [-0.4, -0.2) is 0 Å². The van der Waals surface area contributed by atoms with Crippen LogP contribution in [0.5, 0.6) is 0 Å². The van der Waals surface area contributed by atoms with Crippen LogP contribution in [0.1, 0.15) is 594 Å². The fraction of sp³-hybridized carbons (Fsp3) is 1.00. The first kappa shape index (κ1) is 87.4. The SMILES string of the molecule is CC1CCCC2(C)CCCC3(C)CCCC4(C)CCCC5(C)C(C)C6C7C8C9C%10CC%11CCCC%12CCCC%13CCCC%14CCCCC%15CCCC%14%16CCCC%13%14CCCC%12%13CCCC%11%10C9%10CCCC%139CCCC%14%11CCCC%16%12CCCC%15C%13CCCC%12%14CCCC%11%12CCCC9%11CCCC8%10C78CCCC%117CCCC%129CCCC%14%10CCCC%13C1CCCC2%10CCCC39CCCC47CCCC658. The maximum atomic E-state index is 3.44. The van der Waals surface area contributed by atoms with E-state index in [0.717, 1.165) is 94.7 Å². The van der Waals surface area contributed by atoms with E-state index in [1.807, 2.05) is 0 Å². The molecule has 0 aromatic carbocycles. The van der Waals surface area contributed by atoms with Crippen LogP contribution in [0.25, 0.3) is 0 Å². The third-order valence-electron chi connectivity index (χ3n) is 65.7. The fourth-order valence-electron chi connectivity index (χ4n) is 65.2. The Morgan fingerprint density at radius 1 is 0.174 bits per heavy atom. The predicted molar refractivity (Wildman–Crippen MR) is 545 cm³/mol. The van der Waals surface area contributed by atoms with Crippen LogP contribution in [0.15, 0.2) is 0 Å². The molecule has 0 radical (unpaired) electrons. The molecule has 0 saturated heterocycles. The average molecular weight is 1790 g/mol. The van der Waals surface area contributed by atoms with E-state index in [-0.39, 0.29) is 0 Å². The average Bonchev–Trinajstić information content (AvgIpc) is 0.555. The zero-order chi connectivity index (χ0) is 88.0. The van der Waals surface area contributed by atoms with E-state index in [4.69, 9.17) is 0 Å². The maximum absolute atomic E-state index is 3.44. The largest absolute Gasteiger partial charge is 0.0622 e. The van der Waals surface area contributed by atoms with E-state index in [9.17, 15) is 0 Å². The van der Waals surface area contributed by atoms with Gasteiger partial charge in [0.15, 0.2) is 0 Å². The second-order valence-corrected chi connectivity index (χ2v) is 63.2. The van der Waals surface area contributed by atoms with Gasteiger partial charge in [-0.25, -0.2) is 0 Å². The first-order valence-corrected chi connectivity index (χ1v) is 64.3. The Balaban J connectivity index is 0.755. The summed E-state index contributed by atoms with van der Waals surface area (Å²) < 4.78 is 0. The molecule has 0 nitrogen and oxygen atoms in total. The molecule has 30 rings (SSSR count). The van der Waals surface area contributed by atoms with E-state index in [0.29, 0.717) is 130 Å². The summed E-state index contributed by atoms with van der Waals surface area (Å²) in [6, 6.07) is 0. The minimum Gasteiger partial charge on any atom is -0.0622 e. The van der Waals surface area contributed by atoms with Crippen LogP contribution in [0, 0.1) is 225 Å². The molecule has 0 N–H and O–H groups in total. The van der Waals surface area contributed by atoms with Crippen LogP contribution >= 0.6 is 0 Å². The number of hydrogen-bond acceptors (Lipinski definition) is 0. The Morgan fingerprint density at radius 2 is 0.455 bits per heavy atom. The van der Waals surface area contributed by atoms with Crippen molar-refractivity contribution in [3.63, 3.8) is 0 Å². The van der Waals surface area contributed by atoms with Crippen molar-refractivity contribution in [3.05, 3.63) is 0 Å². The first-order chi connectivity index (χ1) is 64.3. The van der Waals surface area contributed by atoms with E-state index in [2.05, 4.69) is 41.5 Å². The molecular formula is C132H206. The van der Waals surface area contributed by atoms with Crippen molar-refractivity contribution in [2.24, 2.45) is 225 Å². The number of fused-ring (bicyclic) bond motifs is 53. The lowest BCUT2D eigenvalue weighted by atomic mass is 8.95. The molecule has 0 heterocycles. The molecule has 0 aromatic rings. The van der Waals surface area contributed by atoms with Gasteiger partial charge in [0, 0.05) is 0 Å². The van der Waals surface area contributed by atoms with Crippen LogP contribution in [0.2, 0.25) is 0 Å². The Kier molecular flexibility index (Phi) is 19.0. The highest BCUT2D eigenvalue weighted by atomic mass is 15.1. The number of hydrogen-bond donors (Lipinski definition) is 0. The molecule has 30 aliphatic carbocycles. The van der Waals surface area contributed by atoms with Gasteiger partial charge in [-0.2, -0.15) is 0 Å². The molecule has 30 aliphatic rings. The Bertz CT molecular complexity index is 4510. The standard InChI is InChI=1S/C132H206/c1-93-36-12-50-109(3)51-18-52-110(4)53-19-54-111(5)55-20-56-112(6)94(2)105-107-108-106-104-92-99-45-11-44-98-43-10-42-97-41-9-40-96-39-8-7-37-95-38-13-57-113(96)58-21-59-114(97)60-22-61-115(98)62-23-87-128(99,104)130(106)89-33-76-121(115)75-27-74-120(114)73-26-72-119(113)64-15-47-101(95)103-49-17-66-125(119)81-30-82-126(120)83-31-84-127(121)86-35-91-132(108,130)131(107)90-34-85-124(127)80-29-79-123(126)78-28-77-122(125)65-16-48-102(103)100(93)46-14-63-116(109,122)67-24-68-117(110,123)69-25-70-118(111,124)71-32-88-129(105,112)131/h93-108H,7-92H2,1-6H3. The second kappa shape index (κ2) is 28.6. The van der Waals surface area contributed by atoms with Gasteiger partial charge in [0.2, 0.25) is 0 Å². The van der Waals surface area contributed by atoms with E-state index in [1.54, 1.807) is 552 Å². The zero-order valence-corrected chi connectivity index (χ0v) is 88.0. The van der Waals surface area contributed by atoms with E-state index < -0.39 is 0 Å². The second-order valence-electron chi connectivity index (χ2n) is 63.2.